The quantitative estimate of drug-likeness (QED) is 0.734. The Balaban J connectivity index is 2.09. The minimum Gasteiger partial charge on any atom is -0.493 e. The first-order valence-corrected chi connectivity index (χ1v) is 6.77. The Bertz CT molecular complexity index is 808. The second-order valence-corrected chi connectivity index (χ2v) is 5.13. The summed E-state index contributed by atoms with van der Waals surface area (Å²) in [6, 6.07) is 5.67. The fraction of sp³-hybridized carbons (Fsp3) is 0.267. The summed E-state index contributed by atoms with van der Waals surface area (Å²) in [5.41, 5.74) is 3.82. The van der Waals surface area contributed by atoms with Gasteiger partial charge in [-0.25, -0.2) is 4.98 Å². The Morgan fingerprint density at radius 1 is 1.20 bits per heavy atom. The molecule has 0 aliphatic heterocycles. The maximum atomic E-state index is 10.1. The molecule has 0 unspecified atom stereocenters. The van der Waals surface area contributed by atoms with Crippen molar-refractivity contribution in [2.24, 2.45) is 0 Å². The summed E-state index contributed by atoms with van der Waals surface area (Å²) in [5.74, 6) is 0.859. The first-order valence-electron chi connectivity index (χ1n) is 6.77. The molecule has 0 amide bonds. The molecular formula is C15H14N4O. The molecule has 3 aromatic heterocycles. The van der Waals surface area contributed by atoms with Crippen LogP contribution in [0.15, 0.2) is 24.4 Å². The highest BCUT2D eigenvalue weighted by atomic mass is 16.3. The summed E-state index contributed by atoms with van der Waals surface area (Å²) in [6.07, 6.45) is 4.68. The number of nitrogens with zero attached hydrogens (tertiary/aromatic N) is 4. The molecule has 0 bridgehead atoms. The molecule has 5 nitrogen and oxygen atoms in total. The summed E-state index contributed by atoms with van der Waals surface area (Å²) in [4.78, 5) is 8.67. The van der Waals surface area contributed by atoms with Crippen LogP contribution in [-0.4, -0.2) is 24.9 Å². The van der Waals surface area contributed by atoms with Gasteiger partial charge in [-0.1, -0.05) is 6.07 Å². The van der Waals surface area contributed by atoms with E-state index >= 15 is 0 Å². The van der Waals surface area contributed by atoms with Gasteiger partial charge in [0.05, 0.1) is 5.69 Å². The molecular weight excluding hydrogens is 252 g/mol. The number of hydrogen-bond donors (Lipinski definition) is 1. The van der Waals surface area contributed by atoms with Gasteiger partial charge in [-0.15, -0.1) is 0 Å². The number of hydrogen-bond acceptors (Lipinski definition) is 4. The van der Waals surface area contributed by atoms with Crippen LogP contribution in [0.1, 0.15) is 23.2 Å². The van der Waals surface area contributed by atoms with Gasteiger partial charge in [0.2, 0.25) is 5.88 Å². The fourth-order valence-corrected chi connectivity index (χ4v) is 3.04. The van der Waals surface area contributed by atoms with Crippen molar-refractivity contribution in [2.75, 3.05) is 0 Å². The summed E-state index contributed by atoms with van der Waals surface area (Å²) >= 11 is 0. The lowest BCUT2D eigenvalue weighted by molar-refractivity contribution is 0.448. The van der Waals surface area contributed by atoms with Crippen LogP contribution in [0.3, 0.4) is 0 Å². The molecule has 0 saturated carbocycles. The summed E-state index contributed by atoms with van der Waals surface area (Å²) in [6.45, 7) is 1.99. The number of aryl methyl sites for hydroxylation is 2. The number of aromatic nitrogens is 4. The summed E-state index contributed by atoms with van der Waals surface area (Å²) < 4.78 is 1.71. The van der Waals surface area contributed by atoms with Crippen LogP contribution in [0.5, 0.6) is 5.88 Å². The van der Waals surface area contributed by atoms with Gasteiger partial charge in [0.25, 0.3) is 0 Å². The van der Waals surface area contributed by atoms with Gasteiger partial charge in [-0.2, -0.15) is 14.8 Å². The monoisotopic (exact) mass is 266 g/mol. The first-order chi connectivity index (χ1) is 9.75. The zero-order valence-corrected chi connectivity index (χ0v) is 11.2. The Morgan fingerprint density at radius 3 is 2.85 bits per heavy atom. The van der Waals surface area contributed by atoms with E-state index in [1.165, 1.54) is 5.56 Å². The normalized spacial score (nSPS) is 13.8. The van der Waals surface area contributed by atoms with Crippen molar-refractivity contribution in [3.05, 3.63) is 41.2 Å². The van der Waals surface area contributed by atoms with Crippen LogP contribution in [-0.2, 0) is 12.8 Å². The van der Waals surface area contributed by atoms with Crippen molar-refractivity contribution in [1.29, 1.82) is 0 Å². The molecule has 4 rings (SSSR count). The van der Waals surface area contributed by atoms with E-state index in [-0.39, 0.29) is 5.88 Å². The molecule has 3 aromatic rings. The molecule has 0 atom stereocenters. The van der Waals surface area contributed by atoms with E-state index in [0.29, 0.717) is 5.65 Å². The van der Waals surface area contributed by atoms with E-state index in [2.05, 4.69) is 15.1 Å². The Morgan fingerprint density at radius 2 is 2.05 bits per heavy atom. The van der Waals surface area contributed by atoms with Crippen LogP contribution in [0, 0.1) is 6.92 Å². The lowest BCUT2D eigenvalue weighted by Gasteiger charge is -2.05. The van der Waals surface area contributed by atoms with E-state index in [1.807, 2.05) is 25.1 Å². The van der Waals surface area contributed by atoms with Gasteiger partial charge < -0.3 is 5.11 Å². The lowest BCUT2D eigenvalue weighted by atomic mass is 10.1. The number of aromatic hydroxyl groups is 1. The average molecular weight is 266 g/mol. The van der Waals surface area contributed by atoms with Crippen LogP contribution in [0.2, 0.25) is 0 Å². The maximum absolute atomic E-state index is 10.1. The van der Waals surface area contributed by atoms with Gasteiger partial charge in [0, 0.05) is 17.1 Å². The van der Waals surface area contributed by atoms with Crippen LogP contribution in [0.4, 0.5) is 0 Å². The smallest absolute Gasteiger partial charge is 0.216 e. The van der Waals surface area contributed by atoms with Gasteiger partial charge >= 0.3 is 0 Å². The highest BCUT2D eigenvalue weighted by Crippen LogP contribution is 2.36. The average Bonchev–Trinajstić information content (AvgIpc) is 3.05. The molecule has 3 heterocycles. The van der Waals surface area contributed by atoms with Crippen molar-refractivity contribution >= 4 is 11.0 Å². The molecule has 20 heavy (non-hydrogen) atoms. The standard InChI is InChI=1S/C15H14N4O/c1-9-13-10-5-4-6-11(10)15(20)17-14(13)19(18-9)12-7-2-3-8-16-12/h2-3,7-8H,4-6H2,1H3,(H,17,20). The van der Waals surface area contributed by atoms with E-state index in [9.17, 15) is 5.11 Å². The van der Waals surface area contributed by atoms with Crippen LogP contribution < -0.4 is 0 Å². The van der Waals surface area contributed by atoms with Gasteiger partial charge in [-0.05, 0) is 43.9 Å². The SMILES string of the molecule is Cc1nn(-c2ccccn2)c2nc(O)c3c(c12)CCC3. The fourth-order valence-electron chi connectivity index (χ4n) is 3.04. The zero-order valence-electron chi connectivity index (χ0n) is 11.2. The molecule has 1 aliphatic rings. The van der Waals surface area contributed by atoms with Crippen molar-refractivity contribution in [3.8, 4) is 11.7 Å². The predicted molar refractivity (Wildman–Crippen MR) is 75.1 cm³/mol. The third kappa shape index (κ3) is 1.46. The topological polar surface area (TPSA) is 63.8 Å². The molecule has 100 valence electrons. The second-order valence-electron chi connectivity index (χ2n) is 5.13. The molecule has 0 saturated heterocycles. The van der Waals surface area contributed by atoms with E-state index < -0.39 is 0 Å². The minimum absolute atomic E-state index is 0.141. The summed E-state index contributed by atoms with van der Waals surface area (Å²) in [7, 11) is 0. The van der Waals surface area contributed by atoms with Crippen molar-refractivity contribution < 1.29 is 5.11 Å². The minimum atomic E-state index is 0.141. The van der Waals surface area contributed by atoms with E-state index in [4.69, 9.17) is 0 Å². The third-order valence-electron chi connectivity index (χ3n) is 3.90. The van der Waals surface area contributed by atoms with E-state index in [1.54, 1.807) is 10.9 Å². The lowest BCUT2D eigenvalue weighted by Crippen LogP contribution is -2.00. The highest BCUT2D eigenvalue weighted by Gasteiger charge is 2.24. The zero-order chi connectivity index (χ0) is 13.7. The molecule has 0 radical (unpaired) electrons. The van der Waals surface area contributed by atoms with Gasteiger partial charge in [0.15, 0.2) is 11.5 Å². The number of fused-ring (bicyclic) bond motifs is 3. The van der Waals surface area contributed by atoms with Crippen LogP contribution >= 0.6 is 0 Å². The van der Waals surface area contributed by atoms with Crippen molar-refractivity contribution in [1.82, 2.24) is 19.7 Å². The largest absolute Gasteiger partial charge is 0.493 e. The first kappa shape index (κ1) is 11.4. The Hall–Kier alpha value is -2.43. The van der Waals surface area contributed by atoms with Crippen molar-refractivity contribution in [3.63, 3.8) is 0 Å². The van der Waals surface area contributed by atoms with Crippen molar-refractivity contribution in [2.45, 2.75) is 26.2 Å². The van der Waals surface area contributed by atoms with Gasteiger partial charge in [0.1, 0.15) is 0 Å². The molecule has 0 aromatic carbocycles. The third-order valence-corrected chi connectivity index (χ3v) is 3.90. The second kappa shape index (κ2) is 4.03. The summed E-state index contributed by atoms with van der Waals surface area (Å²) in [5, 5.41) is 15.8. The Kier molecular flexibility index (Phi) is 2.30. The number of pyridine rings is 2. The predicted octanol–water partition coefficient (Wildman–Crippen LogP) is 2.32. The van der Waals surface area contributed by atoms with Crippen LogP contribution in [0.25, 0.3) is 16.9 Å². The maximum Gasteiger partial charge on any atom is 0.216 e. The molecule has 0 spiro atoms. The molecule has 0 fully saturated rings. The van der Waals surface area contributed by atoms with E-state index in [0.717, 1.165) is 41.7 Å². The Labute approximate surface area is 115 Å². The number of rotatable bonds is 1. The molecule has 5 heteroatoms. The van der Waals surface area contributed by atoms with Gasteiger partial charge in [-0.3, -0.25) is 0 Å². The highest BCUT2D eigenvalue weighted by molar-refractivity contribution is 5.86. The molecule has 1 N–H and O–H groups in total. The molecule has 1 aliphatic carbocycles.